The number of hydrogen-bond acceptors (Lipinski definition) is 0. The first-order valence-corrected chi connectivity index (χ1v) is 10.9. The maximum Gasteiger partial charge on any atom is -0.0162 e. The first-order valence-electron chi connectivity index (χ1n) is 10.9. The van der Waals surface area contributed by atoms with Crippen molar-refractivity contribution in [2.75, 3.05) is 0 Å². The van der Waals surface area contributed by atoms with Crippen LogP contribution in [-0.2, 0) is 19.3 Å². The van der Waals surface area contributed by atoms with Crippen LogP contribution in [0.3, 0.4) is 0 Å². The summed E-state index contributed by atoms with van der Waals surface area (Å²) >= 11 is 0. The summed E-state index contributed by atoms with van der Waals surface area (Å²) in [5.74, 6) is 1.81. The minimum absolute atomic E-state index is 0.809. The molecule has 0 aromatic heterocycles. The average molecular weight is 349 g/mol. The number of rotatable bonds is 8. The van der Waals surface area contributed by atoms with Crippen molar-refractivity contribution in [3.05, 3.63) is 70.8 Å². The van der Waals surface area contributed by atoms with E-state index >= 15 is 0 Å². The van der Waals surface area contributed by atoms with E-state index in [0.717, 1.165) is 31.1 Å². The molecule has 0 radical (unpaired) electrons. The van der Waals surface area contributed by atoms with E-state index in [0.29, 0.717) is 0 Å². The fourth-order valence-electron chi connectivity index (χ4n) is 4.46. The molecule has 0 saturated heterocycles. The van der Waals surface area contributed by atoms with Crippen LogP contribution >= 0.6 is 0 Å². The van der Waals surface area contributed by atoms with Crippen LogP contribution < -0.4 is 0 Å². The first-order chi connectivity index (χ1) is 12.8. The van der Waals surface area contributed by atoms with E-state index in [1.54, 1.807) is 5.56 Å². The van der Waals surface area contributed by atoms with Crippen LogP contribution in [-0.4, -0.2) is 0 Å². The van der Waals surface area contributed by atoms with Crippen LogP contribution in [0.4, 0.5) is 0 Å². The van der Waals surface area contributed by atoms with E-state index in [-0.39, 0.29) is 0 Å². The van der Waals surface area contributed by atoms with Gasteiger partial charge in [-0.2, -0.15) is 0 Å². The second-order valence-corrected chi connectivity index (χ2v) is 8.27. The van der Waals surface area contributed by atoms with Crippen molar-refractivity contribution < 1.29 is 0 Å². The molecule has 1 aliphatic carbocycles. The second kappa shape index (κ2) is 9.95. The predicted octanol–water partition coefficient (Wildman–Crippen LogP) is 7.50. The summed E-state index contributed by atoms with van der Waals surface area (Å²) in [5, 5.41) is 0. The Morgan fingerprint density at radius 2 is 1.23 bits per heavy atom. The van der Waals surface area contributed by atoms with Crippen molar-refractivity contribution in [1.29, 1.82) is 0 Å². The molecular weight excluding hydrogens is 312 g/mol. The number of benzene rings is 2. The molecule has 0 aliphatic heterocycles. The normalized spacial score (nSPS) is 20.2. The molecular formula is C26H36. The van der Waals surface area contributed by atoms with Crippen LogP contribution in [0.25, 0.3) is 0 Å². The van der Waals surface area contributed by atoms with Gasteiger partial charge in [-0.15, -0.1) is 0 Å². The molecule has 2 aromatic rings. The minimum Gasteiger partial charge on any atom is -0.0654 e. The number of aryl methyl sites for hydroxylation is 3. The van der Waals surface area contributed by atoms with Gasteiger partial charge in [0.2, 0.25) is 0 Å². The molecule has 0 unspecified atom stereocenters. The van der Waals surface area contributed by atoms with Gasteiger partial charge >= 0.3 is 0 Å². The summed E-state index contributed by atoms with van der Waals surface area (Å²) in [4.78, 5) is 0. The summed E-state index contributed by atoms with van der Waals surface area (Å²) in [7, 11) is 0. The van der Waals surface area contributed by atoms with Gasteiger partial charge in [-0.1, -0.05) is 81.6 Å². The van der Waals surface area contributed by atoms with Crippen LogP contribution in [0, 0.1) is 5.92 Å². The molecule has 0 heterocycles. The van der Waals surface area contributed by atoms with Crippen LogP contribution in [0.5, 0.6) is 0 Å². The van der Waals surface area contributed by atoms with Gasteiger partial charge < -0.3 is 0 Å². The summed E-state index contributed by atoms with van der Waals surface area (Å²) < 4.78 is 0. The molecule has 1 aliphatic rings. The topological polar surface area (TPSA) is 0 Å². The fourth-order valence-corrected chi connectivity index (χ4v) is 4.46. The molecule has 0 amide bonds. The van der Waals surface area contributed by atoms with E-state index in [2.05, 4.69) is 62.4 Å². The summed E-state index contributed by atoms with van der Waals surface area (Å²) in [5.41, 5.74) is 5.94. The van der Waals surface area contributed by atoms with Gasteiger partial charge in [-0.05, 0) is 79.0 Å². The maximum atomic E-state index is 2.41. The van der Waals surface area contributed by atoms with Crippen LogP contribution in [0.15, 0.2) is 48.5 Å². The molecule has 0 spiro atoms. The first kappa shape index (κ1) is 19.2. The highest BCUT2D eigenvalue weighted by molar-refractivity contribution is 5.28. The highest BCUT2D eigenvalue weighted by Gasteiger charge is 2.21. The van der Waals surface area contributed by atoms with Crippen molar-refractivity contribution in [2.45, 2.75) is 84.0 Å². The highest BCUT2D eigenvalue weighted by atomic mass is 14.3. The highest BCUT2D eigenvalue weighted by Crippen LogP contribution is 2.37. The summed E-state index contributed by atoms with van der Waals surface area (Å²) in [6.45, 7) is 4.53. The zero-order chi connectivity index (χ0) is 18.2. The third-order valence-corrected chi connectivity index (χ3v) is 6.40. The van der Waals surface area contributed by atoms with Gasteiger partial charge in [0.15, 0.2) is 0 Å². The lowest BCUT2D eigenvalue weighted by Crippen LogP contribution is -2.13. The fraction of sp³-hybridized carbons (Fsp3) is 0.538. The quantitative estimate of drug-likeness (QED) is 0.463. The van der Waals surface area contributed by atoms with Gasteiger partial charge in [-0.25, -0.2) is 0 Å². The molecule has 0 bridgehead atoms. The van der Waals surface area contributed by atoms with Gasteiger partial charge in [0.25, 0.3) is 0 Å². The Labute approximate surface area is 161 Å². The third-order valence-electron chi connectivity index (χ3n) is 6.40. The molecule has 3 rings (SSSR count). The predicted molar refractivity (Wildman–Crippen MR) is 114 cm³/mol. The molecule has 140 valence electrons. The molecule has 0 N–H and O–H groups in total. The van der Waals surface area contributed by atoms with Crippen LogP contribution in [0.1, 0.15) is 87.0 Å². The Morgan fingerprint density at radius 1 is 0.692 bits per heavy atom. The van der Waals surface area contributed by atoms with E-state index in [9.17, 15) is 0 Å². The molecule has 2 aromatic carbocycles. The smallest absolute Gasteiger partial charge is 0.0162 e. The lowest BCUT2D eigenvalue weighted by molar-refractivity contribution is 0.304. The standard InChI is InChI=1S/C26H36/c1-3-5-6-22-13-17-25(18-14-22)26-19-15-24(16-20-26)12-11-23-9-7-21(4-2)8-10-23/h7-10,15-16,19-20,22,25H,3-6,11-14,17-18H2,1-2H3. The molecule has 0 nitrogen and oxygen atoms in total. The van der Waals surface area contributed by atoms with E-state index < -0.39 is 0 Å². The lowest BCUT2D eigenvalue weighted by atomic mass is 9.77. The monoisotopic (exact) mass is 348 g/mol. The Kier molecular flexibility index (Phi) is 7.35. The van der Waals surface area contributed by atoms with Gasteiger partial charge in [0, 0.05) is 0 Å². The zero-order valence-electron chi connectivity index (χ0n) is 16.8. The second-order valence-electron chi connectivity index (χ2n) is 8.27. The SMILES string of the molecule is CCCCC1CCC(c2ccc(CCc3ccc(CC)cc3)cc2)CC1. The van der Waals surface area contributed by atoms with E-state index in [1.807, 2.05) is 0 Å². The van der Waals surface area contributed by atoms with Gasteiger partial charge in [0.05, 0.1) is 0 Å². The summed E-state index contributed by atoms with van der Waals surface area (Å²) in [6, 6.07) is 18.7. The minimum atomic E-state index is 0.809. The molecule has 0 heteroatoms. The summed E-state index contributed by atoms with van der Waals surface area (Å²) in [6.07, 6.45) is 13.3. The van der Waals surface area contributed by atoms with Crippen molar-refractivity contribution >= 4 is 0 Å². The van der Waals surface area contributed by atoms with Gasteiger partial charge in [-0.3, -0.25) is 0 Å². The van der Waals surface area contributed by atoms with Gasteiger partial charge in [0.1, 0.15) is 0 Å². The molecule has 1 fully saturated rings. The molecule has 0 atom stereocenters. The maximum absolute atomic E-state index is 2.41. The van der Waals surface area contributed by atoms with E-state index in [1.165, 1.54) is 61.6 Å². The molecule has 26 heavy (non-hydrogen) atoms. The number of unbranched alkanes of at least 4 members (excludes halogenated alkanes) is 1. The number of hydrogen-bond donors (Lipinski definition) is 0. The lowest BCUT2D eigenvalue weighted by Gasteiger charge is -2.29. The van der Waals surface area contributed by atoms with E-state index in [4.69, 9.17) is 0 Å². The zero-order valence-corrected chi connectivity index (χ0v) is 16.8. The Bertz CT molecular complexity index is 627. The average Bonchev–Trinajstić information content (AvgIpc) is 2.72. The van der Waals surface area contributed by atoms with Crippen molar-refractivity contribution in [3.8, 4) is 0 Å². The van der Waals surface area contributed by atoms with Crippen LogP contribution in [0.2, 0.25) is 0 Å². The molecule has 1 saturated carbocycles. The Morgan fingerprint density at radius 3 is 1.77 bits per heavy atom. The Balaban J connectivity index is 1.47. The van der Waals surface area contributed by atoms with Crippen molar-refractivity contribution in [1.82, 2.24) is 0 Å². The third kappa shape index (κ3) is 5.47. The van der Waals surface area contributed by atoms with Crippen molar-refractivity contribution in [3.63, 3.8) is 0 Å². The van der Waals surface area contributed by atoms with Crippen molar-refractivity contribution in [2.24, 2.45) is 5.92 Å². The largest absolute Gasteiger partial charge is 0.0654 e. The Hall–Kier alpha value is -1.56.